The Kier molecular flexibility index (Phi) is 7.11. The third kappa shape index (κ3) is 4.82. The molecule has 1 N–H and O–H groups in total. The van der Waals surface area contributed by atoms with E-state index in [9.17, 15) is 5.26 Å². The summed E-state index contributed by atoms with van der Waals surface area (Å²) in [5.74, 6) is 2.05. The molecule has 0 heterocycles. The van der Waals surface area contributed by atoms with Gasteiger partial charge in [-0.25, -0.2) is 0 Å². The van der Waals surface area contributed by atoms with E-state index in [0.717, 1.165) is 31.7 Å². The van der Waals surface area contributed by atoms with Crippen molar-refractivity contribution in [2.45, 2.75) is 70.1 Å². The largest absolute Gasteiger partial charge is 0.299 e. The molecule has 0 aromatic rings. The van der Waals surface area contributed by atoms with Crippen LogP contribution in [0.2, 0.25) is 0 Å². The predicted octanol–water partition coefficient (Wildman–Crippen LogP) is 3.97. The topological polar surface area (TPSA) is 35.8 Å². The van der Waals surface area contributed by atoms with E-state index >= 15 is 0 Å². The van der Waals surface area contributed by atoms with Gasteiger partial charge in [-0.15, -0.1) is 0 Å². The van der Waals surface area contributed by atoms with Crippen LogP contribution in [0.5, 0.6) is 0 Å². The molecule has 1 saturated carbocycles. The van der Waals surface area contributed by atoms with Crippen LogP contribution in [0.1, 0.15) is 59.3 Å². The predicted molar refractivity (Wildman–Crippen MR) is 80.8 cm³/mol. The Morgan fingerprint density at radius 2 is 2.28 bits per heavy atom. The van der Waals surface area contributed by atoms with Crippen LogP contribution >= 0.6 is 11.8 Å². The quantitative estimate of drug-likeness (QED) is 0.759. The third-order valence-corrected chi connectivity index (χ3v) is 5.58. The smallest absolute Gasteiger partial charge is 0.107 e. The first-order chi connectivity index (χ1) is 8.65. The zero-order chi connectivity index (χ0) is 13.4. The first-order valence-corrected chi connectivity index (χ1v) is 8.48. The molecular weight excluding hydrogens is 240 g/mol. The molecule has 0 radical (unpaired) electrons. The minimum Gasteiger partial charge on any atom is -0.299 e. The van der Waals surface area contributed by atoms with Gasteiger partial charge in [0.05, 0.1) is 6.07 Å². The SMILES string of the molecule is CCCNC1(C#N)CCCC(SCC(C)CC)C1. The molecule has 0 saturated heterocycles. The normalized spacial score (nSPS) is 29.8. The molecule has 3 unspecified atom stereocenters. The summed E-state index contributed by atoms with van der Waals surface area (Å²) >= 11 is 2.09. The van der Waals surface area contributed by atoms with Crippen LogP contribution in [-0.2, 0) is 0 Å². The van der Waals surface area contributed by atoms with Gasteiger partial charge >= 0.3 is 0 Å². The molecule has 1 aliphatic carbocycles. The minimum absolute atomic E-state index is 0.235. The highest BCUT2D eigenvalue weighted by Crippen LogP contribution is 2.35. The molecule has 1 fully saturated rings. The summed E-state index contributed by atoms with van der Waals surface area (Å²) in [6, 6.07) is 2.56. The molecule has 3 heteroatoms. The fourth-order valence-electron chi connectivity index (χ4n) is 2.45. The number of nitrogens with zero attached hydrogens (tertiary/aromatic N) is 1. The standard InChI is InChI=1S/C15H28N2S/c1-4-9-17-15(12-16)8-6-7-14(10-15)18-11-13(3)5-2/h13-14,17H,4-11H2,1-3H3. The van der Waals surface area contributed by atoms with Crippen molar-refractivity contribution >= 4 is 11.8 Å². The summed E-state index contributed by atoms with van der Waals surface area (Å²) in [6.07, 6.45) is 6.92. The number of nitriles is 1. The maximum atomic E-state index is 9.49. The summed E-state index contributed by atoms with van der Waals surface area (Å²) in [6.45, 7) is 7.71. The van der Waals surface area contributed by atoms with Gasteiger partial charge in [0.25, 0.3) is 0 Å². The van der Waals surface area contributed by atoms with Crippen LogP contribution in [0.25, 0.3) is 0 Å². The molecule has 0 aromatic heterocycles. The lowest BCUT2D eigenvalue weighted by Gasteiger charge is -2.36. The van der Waals surface area contributed by atoms with E-state index in [1.54, 1.807) is 0 Å². The molecule has 18 heavy (non-hydrogen) atoms. The number of hydrogen-bond donors (Lipinski definition) is 1. The van der Waals surface area contributed by atoms with Crippen molar-refractivity contribution in [1.29, 1.82) is 5.26 Å². The number of hydrogen-bond acceptors (Lipinski definition) is 3. The molecule has 3 atom stereocenters. The van der Waals surface area contributed by atoms with Gasteiger partial charge in [0.1, 0.15) is 5.54 Å². The molecule has 0 bridgehead atoms. The van der Waals surface area contributed by atoms with E-state index in [-0.39, 0.29) is 5.54 Å². The highest BCUT2D eigenvalue weighted by molar-refractivity contribution is 7.99. The zero-order valence-corrected chi connectivity index (χ0v) is 13.0. The van der Waals surface area contributed by atoms with Crippen LogP contribution in [0.4, 0.5) is 0 Å². The average molecular weight is 268 g/mol. The number of thioether (sulfide) groups is 1. The third-order valence-electron chi connectivity index (χ3n) is 3.95. The summed E-state index contributed by atoms with van der Waals surface area (Å²) in [5, 5.41) is 13.7. The van der Waals surface area contributed by atoms with Crippen molar-refractivity contribution in [2.75, 3.05) is 12.3 Å². The van der Waals surface area contributed by atoms with Crippen molar-refractivity contribution in [2.24, 2.45) is 5.92 Å². The van der Waals surface area contributed by atoms with E-state index in [4.69, 9.17) is 0 Å². The maximum Gasteiger partial charge on any atom is 0.107 e. The lowest BCUT2D eigenvalue weighted by Crippen LogP contribution is -2.48. The Morgan fingerprint density at radius 1 is 1.50 bits per heavy atom. The van der Waals surface area contributed by atoms with Crippen LogP contribution in [-0.4, -0.2) is 23.1 Å². The zero-order valence-electron chi connectivity index (χ0n) is 12.2. The molecule has 1 rings (SSSR count). The van der Waals surface area contributed by atoms with Gasteiger partial charge in [0.2, 0.25) is 0 Å². The minimum atomic E-state index is -0.235. The van der Waals surface area contributed by atoms with Crippen molar-refractivity contribution in [3.8, 4) is 6.07 Å². The second-order valence-electron chi connectivity index (χ2n) is 5.69. The van der Waals surface area contributed by atoms with Gasteiger partial charge in [-0.3, -0.25) is 5.32 Å². The molecule has 0 amide bonds. The average Bonchev–Trinajstić information content (AvgIpc) is 2.43. The second-order valence-corrected chi connectivity index (χ2v) is 7.02. The van der Waals surface area contributed by atoms with Crippen molar-refractivity contribution in [3.05, 3.63) is 0 Å². The molecule has 0 spiro atoms. The monoisotopic (exact) mass is 268 g/mol. The van der Waals surface area contributed by atoms with Crippen LogP contribution in [0.3, 0.4) is 0 Å². The molecule has 0 aliphatic heterocycles. The number of rotatable bonds is 7. The summed E-state index contributed by atoms with van der Waals surface area (Å²) < 4.78 is 0. The second kappa shape index (κ2) is 8.07. The Hall–Kier alpha value is -0.200. The first kappa shape index (κ1) is 15.9. The van der Waals surface area contributed by atoms with E-state index in [1.165, 1.54) is 25.0 Å². The van der Waals surface area contributed by atoms with E-state index in [1.807, 2.05) is 0 Å². The van der Waals surface area contributed by atoms with Gasteiger partial charge in [-0.1, -0.05) is 27.2 Å². The number of nitrogens with one attached hydrogen (secondary N) is 1. The first-order valence-electron chi connectivity index (χ1n) is 7.43. The van der Waals surface area contributed by atoms with Crippen LogP contribution in [0, 0.1) is 17.2 Å². The fourth-order valence-corrected chi connectivity index (χ4v) is 4.02. The lowest BCUT2D eigenvalue weighted by atomic mass is 9.82. The Bertz CT molecular complexity index is 274. The van der Waals surface area contributed by atoms with E-state index in [0.29, 0.717) is 5.25 Å². The molecule has 2 nitrogen and oxygen atoms in total. The summed E-state index contributed by atoms with van der Waals surface area (Å²) in [4.78, 5) is 0. The highest BCUT2D eigenvalue weighted by atomic mass is 32.2. The van der Waals surface area contributed by atoms with Gasteiger partial charge in [0, 0.05) is 5.25 Å². The van der Waals surface area contributed by atoms with Gasteiger partial charge in [-0.05, 0) is 50.3 Å². The summed E-state index contributed by atoms with van der Waals surface area (Å²) in [7, 11) is 0. The Labute approximate surface area is 117 Å². The molecule has 0 aromatic carbocycles. The summed E-state index contributed by atoms with van der Waals surface area (Å²) in [5.41, 5.74) is -0.235. The molecule has 104 valence electrons. The Morgan fingerprint density at radius 3 is 2.89 bits per heavy atom. The van der Waals surface area contributed by atoms with E-state index in [2.05, 4.69) is 43.9 Å². The molecular formula is C15H28N2S. The van der Waals surface area contributed by atoms with E-state index < -0.39 is 0 Å². The van der Waals surface area contributed by atoms with Gasteiger partial charge in [-0.2, -0.15) is 17.0 Å². The maximum absolute atomic E-state index is 9.49. The Balaban J connectivity index is 2.45. The van der Waals surface area contributed by atoms with Crippen molar-refractivity contribution < 1.29 is 0 Å². The lowest BCUT2D eigenvalue weighted by molar-refractivity contribution is 0.304. The van der Waals surface area contributed by atoms with Crippen molar-refractivity contribution in [3.63, 3.8) is 0 Å². The molecule has 1 aliphatic rings. The van der Waals surface area contributed by atoms with Gasteiger partial charge < -0.3 is 0 Å². The highest BCUT2D eigenvalue weighted by Gasteiger charge is 2.36. The van der Waals surface area contributed by atoms with Gasteiger partial charge in [0.15, 0.2) is 0 Å². The van der Waals surface area contributed by atoms with Crippen LogP contribution < -0.4 is 5.32 Å². The fraction of sp³-hybridized carbons (Fsp3) is 0.933. The van der Waals surface area contributed by atoms with Crippen LogP contribution in [0.15, 0.2) is 0 Å². The van der Waals surface area contributed by atoms with Crippen molar-refractivity contribution in [1.82, 2.24) is 5.32 Å².